The first-order chi connectivity index (χ1) is 38.2. The Labute approximate surface area is 458 Å². The fourth-order valence-electron chi connectivity index (χ4n) is 5.21. The lowest BCUT2D eigenvalue weighted by Gasteiger charge is -2.10. The minimum absolute atomic E-state index is 0.0263. The van der Waals surface area contributed by atoms with Gasteiger partial charge >= 0.3 is 23.9 Å². The number of anilines is 2. The van der Waals surface area contributed by atoms with Crippen LogP contribution >= 0.6 is 0 Å². The molecule has 1 heterocycles. The van der Waals surface area contributed by atoms with Crippen LogP contribution in [-0.4, -0.2) is 119 Å². The van der Waals surface area contributed by atoms with E-state index in [2.05, 4.69) is 62.1 Å². The number of rotatable bonds is 21. The molecule has 26 nitrogen and oxygen atoms in total. The Bertz CT molecular complexity index is 2910. The zero-order valence-corrected chi connectivity index (χ0v) is 43.8. The number of nitrogens with zero attached hydrogens (tertiary/aromatic N) is 5. The second-order valence-corrected chi connectivity index (χ2v) is 14.6. The zero-order valence-electron chi connectivity index (χ0n) is 43.8. The van der Waals surface area contributed by atoms with E-state index in [0.29, 0.717) is 45.7 Å². The third-order valence-corrected chi connectivity index (χ3v) is 8.91. The van der Waals surface area contributed by atoms with Gasteiger partial charge in [-0.25, -0.2) is 19.2 Å². The molecule has 424 valence electrons. The summed E-state index contributed by atoms with van der Waals surface area (Å²) in [5.74, 6) is -4.29. The monoisotopic (exact) mass is 1110 g/mol. The number of azo groups is 2. The maximum absolute atomic E-state index is 12.6. The van der Waals surface area contributed by atoms with Crippen molar-refractivity contribution >= 4 is 70.3 Å². The topological polar surface area (TPSA) is 370 Å². The maximum atomic E-state index is 12.6. The summed E-state index contributed by atoms with van der Waals surface area (Å²) in [4.78, 5) is 86.2. The Morgan fingerprint density at radius 2 is 0.925 bits per heavy atom. The number of imide groups is 1. The molecule has 0 atom stereocenters. The van der Waals surface area contributed by atoms with Crippen molar-refractivity contribution in [2.45, 2.75) is 26.7 Å². The minimum Gasteiger partial charge on any atom is -0.510 e. The number of aliphatic hydroxyl groups is 3. The van der Waals surface area contributed by atoms with E-state index >= 15 is 0 Å². The Hall–Kier alpha value is -10.6. The van der Waals surface area contributed by atoms with E-state index in [1.807, 2.05) is 0 Å². The first-order valence-electron chi connectivity index (χ1n) is 23.0. The number of carbonyl (C=O) groups excluding carboxylic acids is 7. The number of hydrogen-bond donors (Lipinski definition) is 7. The molecule has 7 N–H and O–H groups in total. The smallest absolute Gasteiger partial charge is 0.338 e. The van der Waals surface area contributed by atoms with E-state index in [4.69, 9.17) is 39.1 Å². The summed E-state index contributed by atoms with van der Waals surface area (Å²) in [6.07, 6.45) is 4.00. The number of esters is 3. The van der Waals surface area contributed by atoms with Crippen molar-refractivity contribution in [3.63, 3.8) is 0 Å². The van der Waals surface area contributed by atoms with Gasteiger partial charge in [0.2, 0.25) is 0 Å². The third-order valence-electron chi connectivity index (χ3n) is 8.91. The number of carboxylic acids is 1. The van der Waals surface area contributed by atoms with Crippen molar-refractivity contribution in [3.8, 4) is 23.0 Å². The first-order valence-corrected chi connectivity index (χ1v) is 23.0. The highest BCUT2D eigenvalue weighted by Crippen LogP contribution is 2.31. The summed E-state index contributed by atoms with van der Waals surface area (Å²) in [5, 5.41) is 65.9. The van der Waals surface area contributed by atoms with Gasteiger partial charge in [-0.05, 0) is 62.4 Å². The van der Waals surface area contributed by atoms with E-state index in [9.17, 15) is 48.6 Å². The van der Waals surface area contributed by atoms with Crippen LogP contribution in [-0.2, 0) is 47.8 Å². The van der Waals surface area contributed by atoms with Gasteiger partial charge in [0, 0.05) is 37.1 Å². The van der Waals surface area contributed by atoms with Crippen molar-refractivity contribution < 1.29 is 92.4 Å². The van der Waals surface area contributed by atoms with Gasteiger partial charge in [0.1, 0.15) is 65.7 Å². The number of amides is 4. The summed E-state index contributed by atoms with van der Waals surface area (Å²) < 4.78 is 30.2. The Kier molecular flexibility index (Phi) is 32.0. The Morgan fingerprint density at radius 1 is 0.562 bits per heavy atom. The second-order valence-electron chi connectivity index (χ2n) is 14.6. The molecule has 0 unspecified atom stereocenters. The van der Waals surface area contributed by atoms with E-state index in [1.54, 1.807) is 97.1 Å². The molecule has 0 spiro atoms. The van der Waals surface area contributed by atoms with Gasteiger partial charge in [-0.15, -0.1) is 20.5 Å². The van der Waals surface area contributed by atoms with Crippen molar-refractivity contribution in [2.24, 2.45) is 20.5 Å². The lowest BCUT2D eigenvalue weighted by molar-refractivity contribution is -0.171. The standard InChI is InChI=1S/C22H23N3O6.C19H21N3O5.C6H6O3.C4H5NO3.C3H4O2/c1-4-20(27)31-14-13-30-19-12-8-6-10-17(19)24-25-21(15(2)26)22(28)23-16-9-5-7-11-18(16)29-3;1-13(24)18(19(25)20-14-7-3-5-9-16(14)26-2)22-21-15-8-4-6-10-17(15)27-12-11-23;1-3-5(7)9-6(8)4-2;6-3-1-2-4(7)5(3)8;1-2-3(4)5/h4-12,26H,1,13-14H2,2-3H3,(H,23,28);3-10,23-24H,11-12H2,1-2H3,(H,20,25);3-4H,1-2H2;8H,1-2H2;2H,1H2,(H,4,5). The molecule has 0 aliphatic carbocycles. The predicted octanol–water partition coefficient (Wildman–Crippen LogP) is 8.10. The summed E-state index contributed by atoms with van der Waals surface area (Å²) in [6, 6.07) is 27.2. The van der Waals surface area contributed by atoms with E-state index in [1.165, 1.54) is 28.1 Å². The van der Waals surface area contributed by atoms with Crippen molar-refractivity contribution in [1.82, 2.24) is 5.06 Å². The van der Waals surface area contributed by atoms with Crippen LogP contribution in [0.5, 0.6) is 23.0 Å². The number of carboxylic acid groups (broad SMARTS) is 1. The van der Waals surface area contributed by atoms with Crippen LogP contribution in [0.3, 0.4) is 0 Å². The van der Waals surface area contributed by atoms with Gasteiger partial charge in [-0.1, -0.05) is 74.8 Å². The number of carbonyl (C=O) groups is 8. The summed E-state index contributed by atoms with van der Waals surface area (Å²) in [7, 11) is 2.97. The van der Waals surface area contributed by atoms with Gasteiger partial charge in [-0.3, -0.25) is 24.4 Å². The molecule has 4 aromatic rings. The van der Waals surface area contributed by atoms with Crippen LogP contribution in [0.4, 0.5) is 22.7 Å². The number of benzene rings is 4. The Balaban J connectivity index is 0.000000583. The molecule has 1 saturated heterocycles. The molecular weight excluding hydrogens is 1050 g/mol. The molecule has 0 bridgehead atoms. The van der Waals surface area contributed by atoms with E-state index in [0.717, 1.165) is 24.3 Å². The number of para-hydroxylation sites is 6. The van der Waals surface area contributed by atoms with Gasteiger partial charge < -0.3 is 59.5 Å². The molecule has 0 aromatic heterocycles. The summed E-state index contributed by atoms with van der Waals surface area (Å²) >= 11 is 0. The summed E-state index contributed by atoms with van der Waals surface area (Å²) in [5.41, 5.74) is 1.00. The number of hydroxylamine groups is 2. The molecule has 1 aliphatic rings. The predicted molar refractivity (Wildman–Crippen MR) is 287 cm³/mol. The quantitative estimate of drug-likeness (QED) is 0.00605. The van der Waals surface area contributed by atoms with Gasteiger partial charge in [0.05, 0.1) is 32.2 Å². The van der Waals surface area contributed by atoms with E-state index < -0.39 is 47.5 Å². The highest BCUT2D eigenvalue weighted by atomic mass is 16.6. The number of nitrogens with one attached hydrogen (secondary N) is 2. The van der Waals surface area contributed by atoms with Gasteiger partial charge in [0.15, 0.2) is 11.4 Å². The Morgan fingerprint density at radius 3 is 1.25 bits per heavy atom. The van der Waals surface area contributed by atoms with Crippen LogP contribution in [0.25, 0.3) is 0 Å². The van der Waals surface area contributed by atoms with Crippen molar-refractivity contribution in [2.75, 3.05) is 51.3 Å². The van der Waals surface area contributed by atoms with E-state index in [-0.39, 0.29) is 67.2 Å². The van der Waals surface area contributed by atoms with Gasteiger partial charge in [-0.2, -0.15) is 5.06 Å². The molecule has 26 heteroatoms. The fourth-order valence-corrected chi connectivity index (χ4v) is 5.21. The molecule has 4 aromatic carbocycles. The minimum atomic E-state index is -0.981. The number of allylic oxidation sites excluding steroid dienone is 2. The molecule has 0 radical (unpaired) electrons. The number of hydrogen-bond acceptors (Lipinski definition) is 22. The van der Waals surface area contributed by atoms with Crippen LogP contribution in [0, 0.1) is 0 Å². The largest absolute Gasteiger partial charge is 0.510 e. The highest BCUT2D eigenvalue weighted by Gasteiger charge is 2.27. The third kappa shape index (κ3) is 25.8. The lowest BCUT2D eigenvalue weighted by Crippen LogP contribution is -2.24. The molecular formula is C54H59N7O19. The van der Waals surface area contributed by atoms with Gasteiger partial charge in [0.25, 0.3) is 23.6 Å². The molecule has 4 amide bonds. The number of methoxy groups -OCH3 is 2. The van der Waals surface area contributed by atoms with Crippen LogP contribution in [0.2, 0.25) is 0 Å². The normalized spacial score (nSPS) is 11.7. The SMILES string of the molecule is C=CC(=O)O.C=CC(=O)OC(=O)C=C.C=CC(=O)OCCOc1ccccc1N=NC(C(=O)Nc1ccccc1OC)=C(C)O.COc1ccccc1NC(=O)C(N=Nc1ccccc1OCCO)=C(C)O.O=C1CCC(=O)N1O. The van der Waals surface area contributed by atoms with Crippen molar-refractivity contribution in [1.29, 1.82) is 0 Å². The zero-order chi connectivity index (χ0) is 60.0. The summed E-state index contributed by atoms with van der Waals surface area (Å²) in [6.45, 7) is 15.2. The molecule has 1 fully saturated rings. The molecule has 80 heavy (non-hydrogen) atoms. The number of aliphatic hydroxyl groups excluding tert-OH is 3. The molecule has 0 saturated carbocycles. The maximum Gasteiger partial charge on any atom is 0.338 e. The highest BCUT2D eigenvalue weighted by molar-refractivity contribution is 6.05. The number of ether oxygens (including phenoxy) is 6. The van der Waals surface area contributed by atoms with Crippen molar-refractivity contribution in [3.05, 3.63) is 171 Å². The average Bonchev–Trinajstić information content (AvgIpc) is 3.75. The lowest BCUT2D eigenvalue weighted by atomic mass is 10.2. The van der Waals surface area contributed by atoms with Crippen LogP contribution < -0.4 is 29.6 Å². The van der Waals surface area contributed by atoms with Crippen LogP contribution in [0.15, 0.2) is 191 Å². The number of aliphatic carboxylic acids is 1. The fraction of sp³-hybridized carbons (Fsp3) is 0.185. The second kappa shape index (κ2) is 38.0. The molecule has 1 aliphatic heterocycles. The average molecular weight is 1110 g/mol. The first kappa shape index (κ1) is 67.4. The molecule has 5 rings (SSSR count). The van der Waals surface area contributed by atoms with Crippen LogP contribution in [0.1, 0.15) is 26.7 Å².